The molecule has 98 valence electrons. The van der Waals surface area contributed by atoms with E-state index in [4.69, 9.17) is 20.1 Å². The Balaban J connectivity index is 0.000000284. The van der Waals surface area contributed by atoms with E-state index < -0.39 is 14.2 Å². The monoisotopic (exact) mass is 282 g/mol. The molecule has 0 amide bonds. The van der Waals surface area contributed by atoms with Crippen LogP contribution in [-0.4, -0.2) is 34.3 Å². The van der Waals surface area contributed by atoms with Crippen LogP contribution in [0.2, 0.25) is 0 Å². The Morgan fingerprint density at radius 2 is 0.824 bits per heavy atom. The molecule has 0 aromatic heterocycles. The zero-order chi connectivity index (χ0) is 12.0. The van der Waals surface area contributed by atoms with E-state index in [1.165, 1.54) is 0 Å². The van der Waals surface area contributed by atoms with Crippen molar-refractivity contribution >= 4 is 14.2 Å². The summed E-state index contributed by atoms with van der Waals surface area (Å²) in [5, 5.41) is 34.3. The van der Waals surface area contributed by atoms with Gasteiger partial charge in [-0.05, 0) is 25.7 Å². The molecule has 0 saturated heterocycles. The first-order valence-electron chi connectivity index (χ1n) is 6.02. The molecule has 0 bridgehead atoms. The van der Waals surface area contributed by atoms with Crippen LogP contribution in [0.3, 0.4) is 0 Å². The van der Waals surface area contributed by atoms with Crippen LogP contribution in [0.15, 0.2) is 0 Å². The van der Waals surface area contributed by atoms with E-state index >= 15 is 0 Å². The van der Waals surface area contributed by atoms with Crippen molar-refractivity contribution < 1.29 is 37.2 Å². The van der Waals surface area contributed by atoms with Crippen LogP contribution in [0.4, 0.5) is 0 Å². The smallest absolute Gasteiger partial charge is 0.427 e. The van der Waals surface area contributed by atoms with Crippen molar-refractivity contribution in [1.82, 2.24) is 0 Å². The zero-order valence-corrected chi connectivity index (χ0v) is 11.1. The van der Waals surface area contributed by atoms with Gasteiger partial charge in [0.05, 0.1) is 0 Å². The molecule has 2 aliphatic rings. The molecule has 0 unspecified atom stereocenters. The fourth-order valence-electron chi connectivity index (χ4n) is 2.17. The summed E-state index contributed by atoms with van der Waals surface area (Å²) in [4.78, 5) is 0. The van der Waals surface area contributed by atoms with Crippen LogP contribution in [0.25, 0.3) is 0 Å². The maximum absolute atomic E-state index is 8.57. The van der Waals surface area contributed by atoms with E-state index in [0.717, 1.165) is 63.0 Å². The van der Waals surface area contributed by atoms with E-state index in [2.05, 4.69) is 0 Å². The zero-order valence-electron chi connectivity index (χ0n) is 9.95. The molecule has 2 aliphatic carbocycles. The molecular weight excluding hydrogens is 262 g/mol. The molecule has 4 nitrogen and oxygen atoms in total. The van der Waals surface area contributed by atoms with Crippen LogP contribution in [0, 0.1) is 11.6 Å². The second-order valence-electron chi connectivity index (χ2n) is 4.48. The fraction of sp³-hybridized carbons (Fsp3) is 0.800. The molecule has 0 aromatic rings. The molecule has 7 heteroatoms. The van der Waals surface area contributed by atoms with Crippen LogP contribution in [0.1, 0.15) is 51.4 Å². The van der Waals surface area contributed by atoms with Gasteiger partial charge in [0, 0.05) is 28.7 Å². The first kappa shape index (κ1) is 17.5. The third-order valence-corrected chi connectivity index (χ3v) is 3.22. The van der Waals surface area contributed by atoms with Gasteiger partial charge in [0.1, 0.15) is 0 Å². The molecule has 4 N–H and O–H groups in total. The largest absolute Gasteiger partial charge is 0.458 e. The van der Waals surface area contributed by atoms with Gasteiger partial charge in [-0.2, -0.15) is 0 Å². The molecule has 0 aromatic carbocycles. The summed E-state index contributed by atoms with van der Waals surface area (Å²) in [6.07, 6.45) is 8.18. The van der Waals surface area contributed by atoms with Crippen molar-refractivity contribution in [2.24, 2.45) is 0 Å². The van der Waals surface area contributed by atoms with Gasteiger partial charge in [0.2, 0.25) is 0 Å². The van der Waals surface area contributed by atoms with Crippen molar-refractivity contribution in [3.05, 3.63) is 11.6 Å². The van der Waals surface area contributed by atoms with Gasteiger partial charge in [-0.3, -0.25) is 0 Å². The van der Waals surface area contributed by atoms with Gasteiger partial charge in [-0.1, -0.05) is 25.7 Å². The van der Waals surface area contributed by atoms with Gasteiger partial charge in [0.25, 0.3) is 0 Å². The van der Waals surface area contributed by atoms with Gasteiger partial charge < -0.3 is 20.1 Å². The second kappa shape index (κ2) is 9.42. The maximum Gasteiger partial charge on any atom is 0.458 e. The predicted octanol–water partition coefficient (Wildman–Crippen LogP) is 0.291. The molecule has 0 spiro atoms. The number of rotatable bonds is 2. The van der Waals surface area contributed by atoms with Crippen LogP contribution < -0.4 is 0 Å². The van der Waals surface area contributed by atoms with Crippen molar-refractivity contribution in [1.29, 1.82) is 0 Å². The molecular formula is C10H20B2FeO4. The van der Waals surface area contributed by atoms with Crippen LogP contribution in [-0.2, 0) is 17.1 Å². The van der Waals surface area contributed by atoms with Crippen molar-refractivity contribution in [2.45, 2.75) is 51.4 Å². The Labute approximate surface area is 115 Å². The Hall–Kier alpha value is 0.489. The summed E-state index contributed by atoms with van der Waals surface area (Å²) in [6.45, 7) is 0. The first-order valence-corrected chi connectivity index (χ1v) is 6.02. The van der Waals surface area contributed by atoms with Crippen LogP contribution >= 0.6 is 0 Å². The minimum absolute atomic E-state index is 0. The van der Waals surface area contributed by atoms with Gasteiger partial charge in [-0.15, -0.1) is 0 Å². The molecule has 2 rings (SSSR count). The predicted molar refractivity (Wildman–Crippen MR) is 63.8 cm³/mol. The third-order valence-electron chi connectivity index (χ3n) is 3.22. The molecule has 17 heavy (non-hydrogen) atoms. The van der Waals surface area contributed by atoms with Crippen molar-refractivity contribution in [3.8, 4) is 0 Å². The minimum atomic E-state index is -1.14. The minimum Gasteiger partial charge on any atom is -0.427 e. The normalized spacial score (nSPS) is 20.5. The summed E-state index contributed by atoms with van der Waals surface area (Å²) in [5.41, 5.74) is 0. The third kappa shape index (κ3) is 6.84. The Kier molecular flexibility index (Phi) is 9.69. The van der Waals surface area contributed by atoms with E-state index in [-0.39, 0.29) is 17.1 Å². The van der Waals surface area contributed by atoms with Crippen molar-refractivity contribution in [3.63, 3.8) is 0 Å². The standard InChI is InChI=1S/2C5H10BO2.Fe/c2*7-6(8)5-3-1-2-4-5;/h2*7-8H,1-4H2;. The summed E-state index contributed by atoms with van der Waals surface area (Å²) >= 11 is 0. The Morgan fingerprint density at radius 3 is 0.941 bits per heavy atom. The number of hydrogen-bond donors (Lipinski definition) is 4. The summed E-state index contributed by atoms with van der Waals surface area (Å²) in [7, 11) is -2.28. The van der Waals surface area contributed by atoms with E-state index in [1.54, 1.807) is 0 Å². The molecule has 0 aliphatic heterocycles. The molecule has 2 fully saturated rings. The average molecular weight is 282 g/mol. The number of hydrogen-bond acceptors (Lipinski definition) is 4. The van der Waals surface area contributed by atoms with E-state index in [1.807, 2.05) is 0 Å². The van der Waals surface area contributed by atoms with Gasteiger partial charge in [0.15, 0.2) is 0 Å². The Bertz CT molecular complexity index is 163. The fourth-order valence-corrected chi connectivity index (χ4v) is 2.17. The Morgan fingerprint density at radius 1 is 0.588 bits per heavy atom. The van der Waals surface area contributed by atoms with E-state index in [0.29, 0.717) is 0 Å². The summed E-state index contributed by atoms with van der Waals surface area (Å²) in [6, 6.07) is 0. The van der Waals surface area contributed by atoms with Gasteiger partial charge in [-0.25, -0.2) is 0 Å². The quantitative estimate of drug-likeness (QED) is 0.549. The topological polar surface area (TPSA) is 80.9 Å². The average Bonchev–Trinajstić information content (AvgIpc) is 2.93. The molecule has 0 heterocycles. The van der Waals surface area contributed by atoms with Crippen LogP contribution in [0.5, 0.6) is 0 Å². The molecule has 2 radical (unpaired) electrons. The van der Waals surface area contributed by atoms with E-state index in [9.17, 15) is 0 Å². The maximum atomic E-state index is 8.57. The molecule has 0 atom stereocenters. The summed E-state index contributed by atoms with van der Waals surface area (Å²) < 4.78 is 0. The second-order valence-corrected chi connectivity index (χ2v) is 4.48. The SMILES string of the molecule is OB(O)[C]1CCCC1.OB(O)[C]1CCCC1.[Fe]. The molecule has 2 saturated carbocycles. The van der Waals surface area contributed by atoms with Gasteiger partial charge >= 0.3 is 14.2 Å². The first-order chi connectivity index (χ1) is 7.61. The van der Waals surface area contributed by atoms with Crippen molar-refractivity contribution in [2.75, 3.05) is 0 Å². The summed E-state index contributed by atoms with van der Waals surface area (Å²) in [5.74, 6) is 1.81.